The predicted molar refractivity (Wildman–Crippen MR) is 100 cm³/mol. The number of nitrogens with zero attached hydrogens (tertiary/aromatic N) is 6. The highest BCUT2D eigenvalue weighted by molar-refractivity contribution is 6.00. The molecule has 10 heteroatoms. The van der Waals surface area contributed by atoms with Crippen LogP contribution in [0.25, 0.3) is 10.9 Å². The Bertz CT molecular complexity index is 1160. The van der Waals surface area contributed by atoms with Crippen LogP contribution in [0.5, 0.6) is 0 Å². The lowest BCUT2D eigenvalue weighted by molar-refractivity contribution is -0.384. The largest absolute Gasteiger partial charge is 0.411 e. The molecule has 0 radical (unpaired) electrons. The fraction of sp³-hybridized carbons (Fsp3) is 0.111. The summed E-state index contributed by atoms with van der Waals surface area (Å²) in [6.45, 7) is 0.285. The number of H-pyrrole nitrogens is 1. The molecule has 0 aliphatic carbocycles. The van der Waals surface area contributed by atoms with Gasteiger partial charge in [0.15, 0.2) is 0 Å². The van der Waals surface area contributed by atoms with Gasteiger partial charge in [-0.25, -0.2) is 4.68 Å². The van der Waals surface area contributed by atoms with Gasteiger partial charge in [0, 0.05) is 35.7 Å². The second kappa shape index (κ2) is 7.27. The van der Waals surface area contributed by atoms with E-state index < -0.39 is 4.92 Å². The molecule has 0 unspecified atom stereocenters. The van der Waals surface area contributed by atoms with E-state index in [1.165, 1.54) is 16.8 Å². The third kappa shape index (κ3) is 3.30. The molecule has 2 aromatic heterocycles. The quantitative estimate of drug-likeness (QED) is 0.229. The lowest BCUT2D eigenvalue weighted by atomic mass is 10.1. The van der Waals surface area contributed by atoms with Crippen molar-refractivity contribution in [2.45, 2.75) is 13.0 Å². The molecule has 0 atom stereocenters. The van der Waals surface area contributed by atoms with Gasteiger partial charge in [0.25, 0.3) is 5.69 Å². The van der Waals surface area contributed by atoms with Crippen molar-refractivity contribution in [2.24, 2.45) is 5.16 Å². The Labute approximate surface area is 158 Å². The van der Waals surface area contributed by atoms with Gasteiger partial charge < -0.3 is 10.2 Å². The Morgan fingerprint density at radius 3 is 2.75 bits per heavy atom. The fourth-order valence-electron chi connectivity index (χ4n) is 3.03. The number of tetrazole rings is 1. The van der Waals surface area contributed by atoms with Crippen molar-refractivity contribution in [1.82, 2.24) is 25.2 Å². The maximum atomic E-state index is 10.8. The summed E-state index contributed by atoms with van der Waals surface area (Å²) in [5.41, 5.74) is 3.05. The molecule has 0 aliphatic heterocycles. The minimum atomic E-state index is -0.454. The Morgan fingerprint density at radius 1 is 1.21 bits per heavy atom. The molecule has 0 saturated heterocycles. The molecule has 0 spiro atoms. The summed E-state index contributed by atoms with van der Waals surface area (Å²) in [7, 11) is 0. The number of fused-ring (bicyclic) bond motifs is 1. The van der Waals surface area contributed by atoms with E-state index in [4.69, 9.17) is 0 Å². The first-order valence-corrected chi connectivity index (χ1v) is 8.41. The Balaban J connectivity index is 1.59. The summed E-state index contributed by atoms with van der Waals surface area (Å²) in [6.07, 6.45) is 2.20. The number of hydrogen-bond acceptors (Lipinski definition) is 7. The molecule has 4 aromatic rings. The van der Waals surface area contributed by atoms with Gasteiger partial charge in [0.2, 0.25) is 5.82 Å². The topological polar surface area (TPSA) is 135 Å². The highest BCUT2D eigenvalue weighted by Gasteiger charge is 2.17. The van der Waals surface area contributed by atoms with Gasteiger partial charge in [-0.05, 0) is 27.6 Å². The smallest absolute Gasteiger partial charge is 0.269 e. The van der Waals surface area contributed by atoms with Gasteiger partial charge in [-0.15, -0.1) is 5.10 Å². The fourth-order valence-corrected chi connectivity index (χ4v) is 3.03. The summed E-state index contributed by atoms with van der Waals surface area (Å²) >= 11 is 0. The molecule has 0 amide bonds. The molecule has 140 valence electrons. The van der Waals surface area contributed by atoms with Crippen molar-refractivity contribution >= 4 is 22.3 Å². The number of non-ortho nitro benzene ring substituents is 1. The average molecular weight is 377 g/mol. The van der Waals surface area contributed by atoms with Gasteiger partial charge in [-0.3, -0.25) is 10.1 Å². The molecule has 2 aromatic carbocycles. The first-order valence-electron chi connectivity index (χ1n) is 8.41. The number of hydrogen-bond donors (Lipinski definition) is 2. The number of nitro benzene ring substituents is 1. The van der Waals surface area contributed by atoms with Crippen molar-refractivity contribution in [3.8, 4) is 0 Å². The Morgan fingerprint density at radius 2 is 2.00 bits per heavy atom. The molecule has 2 N–H and O–H groups in total. The number of para-hydroxylation sites is 1. The summed E-state index contributed by atoms with van der Waals surface area (Å²) in [4.78, 5) is 13.5. The molecule has 0 aliphatic rings. The van der Waals surface area contributed by atoms with Gasteiger partial charge >= 0.3 is 0 Å². The van der Waals surface area contributed by atoms with E-state index in [-0.39, 0.29) is 12.2 Å². The van der Waals surface area contributed by atoms with Crippen molar-refractivity contribution in [1.29, 1.82) is 0 Å². The van der Waals surface area contributed by atoms with Crippen LogP contribution in [0.15, 0.2) is 59.9 Å². The number of benzene rings is 2. The summed E-state index contributed by atoms with van der Waals surface area (Å²) in [5, 5.41) is 36.4. The van der Waals surface area contributed by atoms with E-state index in [9.17, 15) is 15.3 Å². The van der Waals surface area contributed by atoms with E-state index >= 15 is 0 Å². The maximum Gasteiger partial charge on any atom is 0.269 e. The highest BCUT2D eigenvalue weighted by Crippen LogP contribution is 2.20. The van der Waals surface area contributed by atoms with Gasteiger partial charge in [-0.1, -0.05) is 35.5 Å². The third-order valence-corrected chi connectivity index (χ3v) is 4.42. The third-order valence-electron chi connectivity index (χ3n) is 4.42. The number of oxime groups is 1. The van der Waals surface area contributed by atoms with Crippen LogP contribution in [-0.2, 0) is 13.0 Å². The molecule has 0 saturated carbocycles. The minimum Gasteiger partial charge on any atom is -0.411 e. The summed E-state index contributed by atoms with van der Waals surface area (Å²) in [6, 6.07) is 13.9. The summed E-state index contributed by atoms with van der Waals surface area (Å²) in [5.74, 6) is 0.325. The molecule has 0 fully saturated rings. The van der Waals surface area contributed by atoms with Gasteiger partial charge in [0.05, 0.1) is 11.5 Å². The number of aromatic amines is 1. The zero-order valence-corrected chi connectivity index (χ0v) is 14.6. The zero-order chi connectivity index (χ0) is 19.5. The van der Waals surface area contributed by atoms with Crippen molar-refractivity contribution in [3.05, 3.63) is 81.8 Å². The van der Waals surface area contributed by atoms with E-state index in [0.717, 1.165) is 22.0 Å². The molecule has 2 heterocycles. The van der Waals surface area contributed by atoms with Crippen LogP contribution in [0, 0.1) is 10.1 Å². The molecule has 0 bridgehead atoms. The molecule has 4 rings (SSSR count). The predicted octanol–water partition coefficient (Wildman–Crippen LogP) is 2.53. The second-order valence-electron chi connectivity index (χ2n) is 6.17. The van der Waals surface area contributed by atoms with E-state index in [0.29, 0.717) is 18.0 Å². The lowest BCUT2D eigenvalue weighted by Crippen LogP contribution is -2.15. The highest BCUT2D eigenvalue weighted by atomic mass is 16.6. The normalized spacial score (nSPS) is 11.8. The molecule has 28 heavy (non-hydrogen) atoms. The van der Waals surface area contributed by atoms with E-state index in [1.54, 1.807) is 12.1 Å². The number of nitrogens with one attached hydrogen (secondary N) is 1. The second-order valence-corrected chi connectivity index (χ2v) is 6.17. The number of aromatic nitrogens is 5. The van der Waals surface area contributed by atoms with Crippen LogP contribution in [0.2, 0.25) is 0 Å². The zero-order valence-electron chi connectivity index (χ0n) is 14.6. The maximum absolute atomic E-state index is 10.8. The monoisotopic (exact) mass is 377 g/mol. The first-order chi connectivity index (χ1) is 13.7. The minimum absolute atomic E-state index is 0.0117. The standard InChI is InChI=1S/C18H15N7O3/c26-21-17(9-13-10-19-16-4-2-1-3-15(13)16)18-20-22-23-24(18)11-12-5-7-14(8-6-12)25(27)28/h1-8,10,19,26H,9,11H2/b21-17-. The van der Waals surface area contributed by atoms with Gasteiger partial charge in [-0.2, -0.15) is 0 Å². The Kier molecular flexibility index (Phi) is 4.50. The van der Waals surface area contributed by atoms with Crippen LogP contribution in [0.4, 0.5) is 5.69 Å². The Hall–Kier alpha value is -4.08. The lowest BCUT2D eigenvalue weighted by Gasteiger charge is -2.06. The average Bonchev–Trinajstić information content (AvgIpc) is 3.33. The van der Waals surface area contributed by atoms with E-state index in [2.05, 4.69) is 25.7 Å². The van der Waals surface area contributed by atoms with Crippen LogP contribution in [-0.4, -0.2) is 41.0 Å². The molecular formula is C18H15N7O3. The van der Waals surface area contributed by atoms with Gasteiger partial charge in [0.1, 0.15) is 5.71 Å². The van der Waals surface area contributed by atoms with Crippen LogP contribution < -0.4 is 0 Å². The number of nitro groups is 1. The van der Waals surface area contributed by atoms with E-state index in [1.807, 2.05) is 30.5 Å². The number of rotatable bonds is 6. The SMILES string of the molecule is O=[N+]([O-])c1ccc(Cn2nnnc2/C(Cc2c[nH]c3ccccc23)=N\O)cc1. The van der Waals surface area contributed by atoms with Crippen LogP contribution in [0.1, 0.15) is 17.0 Å². The van der Waals surface area contributed by atoms with Crippen molar-refractivity contribution < 1.29 is 10.1 Å². The summed E-state index contributed by atoms with van der Waals surface area (Å²) < 4.78 is 1.49. The molecular weight excluding hydrogens is 362 g/mol. The molecule has 10 nitrogen and oxygen atoms in total. The van der Waals surface area contributed by atoms with Crippen molar-refractivity contribution in [2.75, 3.05) is 0 Å². The van der Waals surface area contributed by atoms with Crippen molar-refractivity contribution in [3.63, 3.8) is 0 Å². The first kappa shape index (κ1) is 17.3. The van der Waals surface area contributed by atoms with Crippen LogP contribution in [0.3, 0.4) is 0 Å². The van der Waals surface area contributed by atoms with Crippen LogP contribution >= 0.6 is 0 Å².